The fourth-order valence-corrected chi connectivity index (χ4v) is 1.63. The van der Waals surface area contributed by atoms with Crippen LogP contribution < -0.4 is 5.32 Å². The number of carbonyl (C=O) groups excluding carboxylic acids is 1. The van der Waals surface area contributed by atoms with Crippen molar-refractivity contribution in [2.24, 2.45) is 0 Å². The van der Waals surface area contributed by atoms with Crippen LogP contribution in [0.25, 0.3) is 0 Å². The van der Waals surface area contributed by atoms with Crippen LogP contribution in [0.4, 0.5) is 4.79 Å². The first-order valence-electron chi connectivity index (χ1n) is 6.27. The van der Waals surface area contributed by atoms with Gasteiger partial charge in [-0.2, -0.15) is 0 Å². The fraction of sp³-hybridized carbons (Fsp3) is 0.500. The Morgan fingerprint density at radius 1 is 1.24 bits per heavy atom. The fourth-order valence-electron chi connectivity index (χ4n) is 1.63. The molecule has 0 saturated heterocycles. The van der Waals surface area contributed by atoms with Crippen LogP contribution in [0, 0.1) is 0 Å². The Labute approximate surface area is 104 Å². The maximum Gasteiger partial charge on any atom is 0.317 e. The highest BCUT2D eigenvalue weighted by Crippen LogP contribution is 2.02. The van der Waals surface area contributed by atoms with E-state index in [1.54, 1.807) is 4.90 Å². The number of rotatable bonds is 6. The maximum atomic E-state index is 11.7. The van der Waals surface area contributed by atoms with E-state index in [0.29, 0.717) is 6.54 Å². The first-order valence-corrected chi connectivity index (χ1v) is 6.27. The van der Waals surface area contributed by atoms with E-state index in [1.165, 1.54) is 12.8 Å². The summed E-state index contributed by atoms with van der Waals surface area (Å²) in [6.45, 7) is 3.58. The van der Waals surface area contributed by atoms with Gasteiger partial charge in [0.25, 0.3) is 0 Å². The van der Waals surface area contributed by atoms with Gasteiger partial charge in [-0.15, -0.1) is 0 Å². The van der Waals surface area contributed by atoms with Crippen molar-refractivity contribution < 1.29 is 4.79 Å². The summed E-state index contributed by atoms with van der Waals surface area (Å²) in [5.41, 5.74) is 1.15. The van der Waals surface area contributed by atoms with Crippen molar-refractivity contribution in [1.29, 1.82) is 0 Å². The van der Waals surface area contributed by atoms with Gasteiger partial charge in [-0.05, 0) is 12.0 Å². The van der Waals surface area contributed by atoms with Crippen molar-refractivity contribution in [2.45, 2.75) is 32.7 Å². The monoisotopic (exact) mass is 234 g/mol. The van der Waals surface area contributed by atoms with E-state index in [9.17, 15) is 4.79 Å². The molecule has 1 aromatic carbocycles. The van der Waals surface area contributed by atoms with Crippen LogP contribution in [0.3, 0.4) is 0 Å². The molecule has 0 fully saturated rings. The summed E-state index contributed by atoms with van der Waals surface area (Å²) in [7, 11) is 1.82. The number of hydrogen-bond acceptors (Lipinski definition) is 1. The van der Waals surface area contributed by atoms with Crippen LogP contribution in [0.2, 0.25) is 0 Å². The Kier molecular flexibility index (Phi) is 6.15. The second-order valence-electron chi connectivity index (χ2n) is 4.28. The first-order chi connectivity index (χ1) is 8.24. The summed E-state index contributed by atoms with van der Waals surface area (Å²) in [4.78, 5) is 13.4. The van der Waals surface area contributed by atoms with Gasteiger partial charge in [-0.1, -0.05) is 50.1 Å². The summed E-state index contributed by atoms with van der Waals surface area (Å²) >= 11 is 0. The topological polar surface area (TPSA) is 32.3 Å². The number of nitrogens with one attached hydrogen (secondary N) is 1. The molecular formula is C14H22N2O. The minimum atomic E-state index is 0.00459. The third kappa shape index (κ3) is 5.38. The standard InChI is InChI=1S/C14H22N2O/c1-3-4-8-11-15-14(17)16(2)12-13-9-6-5-7-10-13/h5-7,9-10H,3-4,8,11-12H2,1-2H3,(H,15,17). The van der Waals surface area contributed by atoms with Gasteiger partial charge in [0.15, 0.2) is 0 Å². The summed E-state index contributed by atoms with van der Waals surface area (Å²) in [5.74, 6) is 0. The average Bonchev–Trinajstić information content (AvgIpc) is 2.35. The maximum absolute atomic E-state index is 11.7. The molecular weight excluding hydrogens is 212 g/mol. The smallest absolute Gasteiger partial charge is 0.317 e. The van der Waals surface area contributed by atoms with Gasteiger partial charge in [-0.25, -0.2) is 4.79 Å². The lowest BCUT2D eigenvalue weighted by atomic mass is 10.2. The molecule has 1 rings (SSSR count). The quantitative estimate of drug-likeness (QED) is 0.754. The van der Waals surface area contributed by atoms with Crippen LogP contribution in [0.1, 0.15) is 31.7 Å². The molecule has 0 aliphatic heterocycles. The summed E-state index contributed by atoms with van der Waals surface area (Å²) in [6.07, 6.45) is 3.40. The number of urea groups is 1. The Hall–Kier alpha value is -1.51. The van der Waals surface area contributed by atoms with Gasteiger partial charge >= 0.3 is 6.03 Å². The van der Waals surface area contributed by atoms with E-state index in [2.05, 4.69) is 12.2 Å². The molecule has 0 heterocycles. The number of benzene rings is 1. The molecule has 0 aliphatic rings. The molecule has 0 radical (unpaired) electrons. The van der Waals surface area contributed by atoms with Gasteiger partial charge in [0, 0.05) is 20.1 Å². The van der Waals surface area contributed by atoms with E-state index in [-0.39, 0.29) is 6.03 Å². The van der Waals surface area contributed by atoms with E-state index in [1.807, 2.05) is 37.4 Å². The molecule has 1 N–H and O–H groups in total. The van der Waals surface area contributed by atoms with Crippen molar-refractivity contribution in [3.05, 3.63) is 35.9 Å². The normalized spacial score (nSPS) is 10.0. The molecule has 0 unspecified atom stereocenters. The lowest BCUT2D eigenvalue weighted by molar-refractivity contribution is 0.206. The van der Waals surface area contributed by atoms with Crippen molar-refractivity contribution in [3.8, 4) is 0 Å². The Morgan fingerprint density at radius 3 is 2.59 bits per heavy atom. The minimum absolute atomic E-state index is 0.00459. The zero-order valence-electron chi connectivity index (χ0n) is 10.8. The molecule has 2 amide bonds. The Balaban J connectivity index is 2.27. The average molecular weight is 234 g/mol. The molecule has 0 spiro atoms. The zero-order valence-corrected chi connectivity index (χ0v) is 10.8. The molecule has 0 bridgehead atoms. The molecule has 3 nitrogen and oxygen atoms in total. The van der Waals surface area contributed by atoms with E-state index in [0.717, 1.165) is 18.5 Å². The highest BCUT2D eigenvalue weighted by molar-refractivity contribution is 5.73. The Morgan fingerprint density at radius 2 is 1.94 bits per heavy atom. The Bertz CT molecular complexity index is 324. The molecule has 0 aliphatic carbocycles. The highest BCUT2D eigenvalue weighted by Gasteiger charge is 2.07. The van der Waals surface area contributed by atoms with Crippen LogP contribution >= 0.6 is 0 Å². The predicted octanol–water partition coefficient (Wildman–Crippen LogP) is 3.02. The summed E-state index contributed by atoms with van der Waals surface area (Å²) < 4.78 is 0. The molecule has 1 aromatic rings. The van der Waals surface area contributed by atoms with Crippen LogP contribution in [-0.4, -0.2) is 24.5 Å². The minimum Gasteiger partial charge on any atom is -0.338 e. The van der Waals surface area contributed by atoms with E-state index in [4.69, 9.17) is 0 Å². The molecule has 0 aromatic heterocycles. The summed E-state index contributed by atoms with van der Waals surface area (Å²) in [6, 6.07) is 10.0. The van der Waals surface area contributed by atoms with Crippen LogP contribution in [0.15, 0.2) is 30.3 Å². The molecule has 0 saturated carbocycles. The molecule has 17 heavy (non-hydrogen) atoms. The number of carbonyl (C=O) groups is 1. The molecule has 3 heteroatoms. The number of unbranched alkanes of at least 4 members (excludes halogenated alkanes) is 2. The van der Waals surface area contributed by atoms with E-state index < -0.39 is 0 Å². The number of hydrogen-bond donors (Lipinski definition) is 1. The van der Waals surface area contributed by atoms with Gasteiger partial charge in [-0.3, -0.25) is 0 Å². The SMILES string of the molecule is CCCCCNC(=O)N(C)Cc1ccccc1. The zero-order chi connectivity index (χ0) is 12.5. The van der Waals surface area contributed by atoms with Gasteiger partial charge in [0.05, 0.1) is 0 Å². The lowest BCUT2D eigenvalue weighted by Gasteiger charge is -2.18. The van der Waals surface area contributed by atoms with Gasteiger partial charge in [0.2, 0.25) is 0 Å². The predicted molar refractivity (Wildman–Crippen MR) is 70.8 cm³/mol. The van der Waals surface area contributed by atoms with Gasteiger partial charge in [0.1, 0.15) is 0 Å². The van der Waals surface area contributed by atoms with Gasteiger partial charge < -0.3 is 10.2 Å². The second kappa shape index (κ2) is 7.71. The third-order valence-corrected chi connectivity index (χ3v) is 2.67. The van der Waals surface area contributed by atoms with Crippen LogP contribution in [0.5, 0.6) is 0 Å². The molecule has 94 valence electrons. The van der Waals surface area contributed by atoms with Crippen molar-refractivity contribution in [1.82, 2.24) is 10.2 Å². The first kappa shape index (κ1) is 13.6. The lowest BCUT2D eigenvalue weighted by Crippen LogP contribution is -2.37. The largest absolute Gasteiger partial charge is 0.338 e. The van der Waals surface area contributed by atoms with Crippen molar-refractivity contribution in [3.63, 3.8) is 0 Å². The van der Waals surface area contributed by atoms with Crippen LogP contribution in [-0.2, 0) is 6.54 Å². The van der Waals surface area contributed by atoms with Crippen molar-refractivity contribution in [2.75, 3.05) is 13.6 Å². The summed E-state index contributed by atoms with van der Waals surface area (Å²) in [5, 5.41) is 2.92. The van der Waals surface area contributed by atoms with Crippen molar-refractivity contribution >= 4 is 6.03 Å². The number of nitrogens with zero attached hydrogens (tertiary/aromatic N) is 1. The third-order valence-electron chi connectivity index (χ3n) is 2.67. The van der Waals surface area contributed by atoms with E-state index >= 15 is 0 Å². The number of amides is 2. The second-order valence-corrected chi connectivity index (χ2v) is 4.28. The highest BCUT2D eigenvalue weighted by atomic mass is 16.2. The molecule has 0 atom stereocenters.